The molecule has 0 radical (unpaired) electrons. The minimum absolute atomic E-state index is 0.00752. The molecule has 21 heavy (non-hydrogen) atoms. The van der Waals surface area contributed by atoms with Gasteiger partial charge < -0.3 is 10.2 Å². The molecule has 4 nitrogen and oxygen atoms in total. The van der Waals surface area contributed by atoms with Gasteiger partial charge in [0.15, 0.2) is 0 Å². The van der Waals surface area contributed by atoms with Gasteiger partial charge in [-0.25, -0.2) is 0 Å². The number of rotatable bonds is 6. The van der Waals surface area contributed by atoms with Crippen LogP contribution in [0.3, 0.4) is 0 Å². The van der Waals surface area contributed by atoms with Crippen molar-refractivity contribution in [3.63, 3.8) is 0 Å². The molecule has 4 heteroatoms. The number of amides is 2. The van der Waals surface area contributed by atoms with Gasteiger partial charge in [-0.2, -0.15) is 0 Å². The van der Waals surface area contributed by atoms with Crippen molar-refractivity contribution in [2.75, 3.05) is 13.1 Å². The van der Waals surface area contributed by atoms with Crippen molar-refractivity contribution >= 4 is 11.8 Å². The van der Waals surface area contributed by atoms with Crippen molar-refractivity contribution in [3.8, 4) is 0 Å². The Kier molecular flexibility index (Phi) is 4.32. The van der Waals surface area contributed by atoms with Crippen molar-refractivity contribution in [1.82, 2.24) is 10.2 Å². The van der Waals surface area contributed by atoms with E-state index in [9.17, 15) is 9.59 Å². The van der Waals surface area contributed by atoms with Gasteiger partial charge in [0.1, 0.15) is 0 Å². The van der Waals surface area contributed by atoms with Gasteiger partial charge in [-0.1, -0.05) is 13.3 Å². The molecule has 2 saturated carbocycles. The molecule has 0 bridgehead atoms. The zero-order chi connectivity index (χ0) is 14.8. The Bertz CT molecular complexity index is 465. The molecule has 3 aliphatic rings. The summed E-state index contributed by atoms with van der Waals surface area (Å²) in [7, 11) is 0. The second kappa shape index (κ2) is 6.20. The van der Waals surface area contributed by atoms with Crippen LogP contribution in [0.25, 0.3) is 0 Å². The molecule has 3 rings (SSSR count). The predicted octanol–water partition coefficient (Wildman–Crippen LogP) is 2.39. The Labute approximate surface area is 127 Å². The van der Waals surface area contributed by atoms with Gasteiger partial charge >= 0.3 is 0 Å². The molecule has 0 aromatic heterocycles. The first-order chi connectivity index (χ1) is 10.2. The number of hydrogen-bond donors (Lipinski definition) is 1. The highest BCUT2D eigenvalue weighted by Gasteiger charge is 2.35. The molecule has 0 spiro atoms. The summed E-state index contributed by atoms with van der Waals surface area (Å²) in [5, 5.41) is 3.05. The Morgan fingerprint density at radius 3 is 2.81 bits per heavy atom. The van der Waals surface area contributed by atoms with Gasteiger partial charge in [-0.3, -0.25) is 9.59 Å². The van der Waals surface area contributed by atoms with E-state index < -0.39 is 0 Å². The molecule has 0 saturated heterocycles. The lowest BCUT2D eigenvalue weighted by Crippen LogP contribution is -2.34. The highest BCUT2D eigenvalue weighted by atomic mass is 16.2. The lowest BCUT2D eigenvalue weighted by atomic mass is 9.88. The second-order valence-electron chi connectivity index (χ2n) is 6.74. The molecule has 1 unspecified atom stereocenters. The maximum absolute atomic E-state index is 12.6. The fourth-order valence-corrected chi connectivity index (χ4v) is 3.58. The standard InChI is InChI=1S/C17H26N2O2/c1-2-9-19(11-12-7-8-12)16(20)10-14-13-5-3-4-6-15(13)18-17(14)21/h12,15H,2-11H2,1H3,(H,18,21). The first-order valence-electron chi connectivity index (χ1n) is 8.49. The van der Waals surface area contributed by atoms with Crippen LogP contribution in [0.2, 0.25) is 0 Å². The summed E-state index contributed by atoms with van der Waals surface area (Å²) in [5.74, 6) is 0.860. The third-order valence-electron chi connectivity index (χ3n) is 4.93. The average molecular weight is 290 g/mol. The molecule has 116 valence electrons. The van der Waals surface area contributed by atoms with E-state index in [4.69, 9.17) is 0 Å². The summed E-state index contributed by atoms with van der Waals surface area (Å²) < 4.78 is 0. The fraction of sp³-hybridized carbons (Fsp3) is 0.765. The van der Waals surface area contributed by atoms with Crippen molar-refractivity contribution in [1.29, 1.82) is 0 Å². The van der Waals surface area contributed by atoms with Crippen LogP contribution in [0, 0.1) is 5.92 Å². The van der Waals surface area contributed by atoms with Crippen LogP contribution in [0.5, 0.6) is 0 Å². The number of carbonyl (C=O) groups is 2. The third kappa shape index (κ3) is 3.30. The minimum Gasteiger partial charge on any atom is -0.346 e. The van der Waals surface area contributed by atoms with Gasteiger partial charge in [-0.05, 0) is 50.0 Å². The SMILES string of the molecule is CCCN(CC1CC1)C(=O)CC1=C2CCCCC2NC1=O. The maximum Gasteiger partial charge on any atom is 0.248 e. The summed E-state index contributed by atoms with van der Waals surface area (Å²) in [5.41, 5.74) is 2.00. The first-order valence-corrected chi connectivity index (χ1v) is 8.49. The predicted molar refractivity (Wildman–Crippen MR) is 81.6 cm³/mol. The lowest BCUT2D eigenvalue weighted by molar-refractivity contribution is -0.131. The quantitative estimate of drug-likeness (QED) is 0.816. The van der Waals surface area contributed by atoms with Gasteiger partial charge in [0.25, 0.3) is 0 Å². The highest BCUT2D eigenvalue weighted by molar-refractivity contribution is 6.02. The average Bonchev–Trinajstić information content (AvgIpc) is 3.23. The summed E-state index contributed by atoms with van der Waals surface area (Å²) >= 11 is 0. The molecule has 2 amide bonds. The molecule has 2 fully saturated rings. The van der Waals surface area contributed by atoms with E-state index in [0.717, 1.165) is 44.3 Å². The maximum atomic E-state index is 12.6. The number of hydrogen-bond acceptors (Lipinski definition) is 2. The van der Waals surface area contributed by atoms with Crippen molar-refractivity contribution < 1.29 is 9.59 Å². The fourth-order valence-electron chi connectivity index (χ4n) is 3.58. The van der Waals surface area contributed by atoms with E-state index in [1.807, 2.05) is 4.90 Å². The topological polar surface area (TPSA) is 49.4 Å². The summed E-state index contributed by atoms with van der Waals surface area (Å²) in [6.45, 7) is 3.82. The van der Waals surface area contributed by atoms with Crippen LogP contribution >= 0.6 is 0 Å². The normalized spacial score (nSPS) is 24.8. The Morgan fingerprint density at radius 1 is 1.29 bits per heavy atom. The molecular weight excluding hydrogens is 264 g/mol. The van der Waals surface area contributed by atoms with Crippen LogP contribution in [0.4, 0.5) is 0 Å². The van der Waals surface area contributed by atoms with E-state index in [1.165, 1.54) is 24.8 Å². The van der Waals surface area contributed by atoms with Crippen LogP contribution in [0.1, 0.15) is 58.3 Å². The number of nitrogens with one attached hydrogen (secondary N) is 1. The monoisotopic (exact) mass is 290 g/mol. The van der Waals surface area contributed by atoms with Crippen molar-refractivity contribution in [2.24, 2.45) is 5.92 Å². The van der Waals surface area contributed by atoms with Crippen LogP contribution in [-0.4, -0.2) is 35.8 Å². The molecule has 0 aromatic rings. The number of nitrogens with zero attached hydrogens (tertiary/aromatic N) is 1. The largest absolute Gasteiger partial charge is 0.346 e. The molecule has 2 aliphatic carbocycles. The van der Waals surface area contributed by atoms with Crippen molar-refractivity contribution in [3.05, 3.63) is 11.1 Å². The summed E-state index contributed by atoms with van der Waals surface area (Å²) in [4.78, 5) is 26.7. The van der Waals surface area contributed by atoms with Crippen LogP contribution in [-0.2, 0) is 9.59 Å². The lowest BCUT2D eigenvalue weighted by Gasteiger charge is -2.23. The van der Waals surface area contributed by atoms with Crippen molar-refractivity contribution in [2.45, 2.75) is 64.3 Å². The second-order valence-corrected chi connectivity index (χ2v) is 6.74. The molecule has 1 atom stereocenters. The summed E-state index contributed by atoms with van der Waals surface area (Å²) in [6.07, 6.45) is 8.16. The van der Waals surface area contributed by atoms with E-state index in [-0.39, 0.29) is 17.9 Å². The van der Waals surface area contributed by atoms with E-state index in [2.05, 4.69) is 12.2 Å². The Morgan fingerprint density at radius 2 is 2.10 bits per heavy atom. The van der Waals surface area contributed by atoms with Gasteiger partial charge in [0.2, 0.25) is 11.8 Å². The molecule has 1 N–H and O–H groups in total. The van der Waals surface area contributed by atoms with Gasteiger partial charge in [0, 0.05) is 18.7 Å². The van der Waals surface area contributed by atoms with E-state index in [0.29, 0.717) is 12.3 Å². The molecule has 1 aliphatic heterocycles. The number of fused-ring (bicyclic) bond motifs is 1. The smallest absolute Gasteiger partial charge is 0.248 e. The Balaban J connectivity index is 1.68. The first kappa shape index (κ1) is 14.6. The summed E-state index contributed by atoms with van der Waals surface area (Å²) in [6, 6.07) is 0.220. The number of carbonyl (C=O) groups excluding carboxylic acids is 2. The van der Waals surface area contributed by atoms with Gasteiger partial charge in [-0.15, -0.1) is 0 Å². The molecular formula is C17H26N2O2. The van der Waals surface area contributed by atoms with E-state index >= 15 is 0 Å². The van der Waals surface area contributed by atoms with Crippen LogP contribution < -0.4 is 5.32 Å². The van der Waals surface area contributed by atoms with Gasteiger partial charge in [0.05, 0.1) is 12.5 Å². The van der Waals surface area contributed by atoms with E-state index in [1.54, 1.807) is 0 Å². The zero-order valence-corrected chi connectivity index (χ0v) is 13.0. The molecule has 0 aromatic carbocycles. The zero-order valence-electron chi connectivity index (χ0n) is 13.0. The molecule has 1 heterocycles. The highest BCUT2D eigenvalue weighted by Crippen LogP contribution is 2.33. The van der Waals surface area contributed by atoms with Crippen LogP contribution in [0.15, 0.2) is 11.1 Å². The Hall–Kier alpha value is -1.32. The minimum atomic E-state index is 0.00752. The third-order valence-corrected chi connectivity index (χ3v) is 4.93.